The number of benzene rings is 1. The summed E-state index contributed by atoms with van der Waals surface area (Å²) in [5.41, 5.74) is 1.44. The lowest BCUT2D eigenvalue weighted by molar-refractivity contribution is -0.385. The van der Waals surface area contributed by atoms with Gasteiger partial charge in [0.2, 0.25) is 0 Å². The molecule has 3 rings (SSSR count). The molecule has 9 heteroatoms. The van der Waals surface area contributed by atoms with Crippen LogP contribution < -0.4 is 0 Å². The summed E-state index contributed by atoms with van der Waals surface area (Å²) in [5.74, 6) is 0.105. The Labute approximate surface area is 163 Å². The second kappa shape index (κ2) is 8.37. The highest BCUT2D eigenvalue weighted by Gasteiger charge is 2.45. The first-order valence-corrected chi connectivity index (χ1v) is 9.41. The van der Waals surface area contributed by atoms with E-state index in [0.717, 1.165) is 5.71 Å². The summed E-state index contributed by atoms with van der Waals surface area (Å²) in [5, 5.41) is 11.3. The van der Waals surface area contributed by atoms with Crippen molar-refractivity contribution in [1.29, 1.82) is 0 Å². The van der Waals surface area contributed by atoms with E-state index in [-0.39, 0.29) is 12.3 Å². The van der Waals surface area contributed by atoms with E-state index in [4.69, 9.17) is 14.5 Å². The minimum atomic E-state index is -0.557. The van der Waals surface area contributed by atoms with Crippen LogP contribution in [0.1, 0.15) is 38.8 Å². The number of nitrogens with zero attached hydrogens (tertiary/aromatic N) is 4. The molecular formula is C19H24N4O5. The van der Waals surface area contributed by atoms with Gasteiger partial charge in [0.15, 0.2) is 5.90 Å². The predicted molar refractivity (Wildman–Crippen MR) is 104 cm³/mol. The zero-order chi connectivity index (χ0) is 20.3. The molecular weight excluding hydrogens is 364 g/mol. The predicted octanol–water partition coefficient (Wildman–Crippen LogP) is 3.35. The average Bonchev–Trinajstić information content (AvgIpc) is 3.21. The second-order valence-corrected chi connectivity index (χ2v) is 6.56. The molecule has 0 aliphatic carbocycles. The summed E-state index contributed by atoms with van der Waals surface area (Å²) in [6.45, 7) is 6.76. The van der Waals surface area contributed by atoms with E-state index in [2.05, 4.69) is 4.99 Å². The Morgan fingerprint density at radius 2 is 2.21 bits per heavy atom. The van der Waals surface area contributed by atoms with Gasteiger partial charge >= 0.3 is 6.09 Å². The van der Waals surface area contributed by atoms with Crippen LogP contribution in [0, 0.1) is 16.0 Å². The number of non-ortho nitro benzene ring substituents is 1. The Hall–Kier alpha value is -2.97. The Bertz CT molecular complexity index is 822. The van der Waals surface area contributed by atoms with Gasteiger partial charge in [-0.2, -0.15) is 0 Å². The van der Waals surface area contributed by atoms with Gasteiger partial charge in [-0.05, 0) is 25.8 Å². The van der Waals surface area contributed by atoms with Crippen LogP contribution in [0.15, 0.2) is 34.3 Å². The van der Waals surface area contributed by atoms with Crippen LogP contribution in [-0.4, -0.2) is 53.5 Å². The molecule has 0 saturated heterocycles. The Morgan fingerprint density at radius 1 is 1.43 bits per heavy atom. The van der Waals surface area contributed by atoms with Crippen molar-refractivity contribution in [1.82, 2.24) is 4.90 Å². The highest BCUT2D eigenvalue weighted by atomic mass is 16.6. The van der Waals surface area contributed by atoms with E-state index in [1.807, 2.05) is 13.8 Å². The van der Waals surface area contributed by atoms with Gasteiger partial charge in [0.05, 0.1) is 30.0 Å². The number of rotatable bonds is 5. The monoisotopic (exact) mass is 388 g/mol. The Morgan fingerprint density at radius 3 is 2.82 bits per heavy atom. The Kier molecular flexibility index (Phi) is 5.91. The molecule has 1 amide bonds. The largest absolute Gasteiger partial charge is 0.478 e. The zero-order valence-electron chi connectivity index (χ0n) is 16.2. The van der Waals surface area contributed by atoms with Crippen molar-refractivity contribution in [3.63, 3.8) is 0 Å². The normalized spacial score (nSPS) is 24.2. The topological polar surface area (TPSA) is 107 Å². The first-order chi connectivity index (χ1) is 13.5. The molecule has 0 fully saturated rings. The third kappa shape index (κ3) is 3.69. The number of amides is 1. The molecule has 0 bridgehead atoms. The van der Waals surface area contributed by atoms with E-state index >= 15 is 0 Å². The molecule has 0 N–H and O–H groups in total. The van der Waals surface area contributed by atoms with Crippen LogP contribution in [0.3, 0.4) is 0 Å². The van der Waals surface area contributed by atoms with E-state index in [9.17, 15) is 14.9 Å². The molecule has 1 aromatic rings. The molecule has 2 aliphatic rings. The van der Waals surface area contributed by atoms with Crippen molar-refractivity contribution in [3.8, 4) is 0 Å². The number of ether oxygens (including phenoxy) is 2. The summed E-state index contributed by atoms with van der Waals surface area (Å²) in [6, 6.07) is 5.76. The van der Waals surface area contributed by atoms with Crippen LogP contribution in [0.5, 0.6) is 0 Å². The van der Waals surface area contributed by atoms with Gasteiger partial charge in [0.25, 0.3) is 5.69 Å². The molecule has 1 aromatic carbocycles. The first-order valence-electron chi connectivity index (χ1n) is 9.41. The first kappa shape index (κ1) is 19.8. The van der Waals surface area contributed by atoms with Crippen LogP contribution >= 0.6 is 0 Å². The average molecular weight is 388 g/mol. The lowest BCUT2D eigenvalue weighted by atomic mass is 9.84. The molecule has 3 atom stereocenters. The highest BCUT2D eigenvalue weighted by molar-refractivity contribution is 6.06. The molecule has 9 nitrogen and oxygen atoms in total. The number of aliphatic imine (C=N–C) groups is 2. The van der Waals surface area contributed by atoms with Gasteiger partial charge in [0.1, 0.15) is 12.8 Å². The highest BCUT2D eigenvalue weighted by Crippen LogP contribution is 2.39. The van der Waals surface area contributed by atoms with Crippen molar-refractivity contribution in [2.75, 3.05) is 19.8 Å². The third-order valence-corrected chi connectivity index (χ3v) is 4.87. The lowest BCUT2D eigenvalue weighted by Crippen LogP contribution is -2.51. The van der Waals surface area contributed by atoms with Crippen molar-refractivity contribution in [2.45, 2.75) is 39.4 Å². The maximum atomic E-state index is 12.8. The number of nitro groups is 1. The summed E-state index contributed by atoms with van der Waals surface area (Å²) in [7, 11) is 0. The minimum absolute atomic E-state index is 0.0393. The molecule has 3 unspecified atom stereocenters. The van der Waals surface area contributed by atoms with Gasteiger partial charge in [-0.15, -0.1) is 0 Å². The van der Waals surface area contributed by atoms with Crippen molar-refractivity contribution >= 4 is 23.4 Å². The van der Waals surface area contributed by atoms with Gasteiger partial charge < -0.3 is 9.47 Å². The molecule has 28 heavy (non-hydrogen) atoms. The molecule has 0 aromatic heterocycles. The molecule has 0 saturated carbocycles. The molecule has 2 heterocycles. The minimum Gasteiger partial charge on any atom is -0.478 e. The Balaban J connectivity index is 2.16. The maximum Gasteiger partial charge on any atom is 0.412 e. The van der Waals surface area contributed by atoms with Gasteiger partial charge in [0, 0.05) is 17.8 Å². The maximum absolute atomic E-state index is 12.8. The lowest BCUT2D eigenvalue weighted by Gasteiger charge is -2.42. The van der Waals surface area contributed by atoms with Crippen molar-refractivity contribution in [2.24, 2.45) is 15.9 Å². The number of nitro benzene ring substituents is 1. The fourth-order valence-electron chi connectivity index (χ4n) is 3.73. The number of carbonyl (C=O) groups excluding carboxylic acids is 1. The second-order valence-electron chi connectivity index (χ2n) is 6.56. The van der Waals surface area contributed by atoms with Gasteiger partial charge in [-0.25, -0.2) is 4.79 Å². The molecule has 150 valence electrons. The SMILES string of the molecule is CCOC(=O)N1C(C)N=C(CC)C(C2=NCCO2)C1c1cccc([N+](=O)[O-])c1. The molecule has 0 radical (unpaired) electrons. The molecule has 2 aliphatic heterocycles. The summed E-state index contributed by atoms with van der Waals surface area (Å²) < 4.78 is 11.0. The number of hydrogen-bond acceptors (Lipinski definition) is 7. The van der Waals surface area contributed by atoms with E-state index < -0.39 is 29.1 Å². The summed E-state index contributed by atoms with van der Waals surface area (Å²) >= 11 is 0. The zero-order valence-corrected chi connectivity index (χ0v) is 16.2. The van der Waals surface area contributed by atoms with Crippen LogP contribution in [0.25, 0.3) is 0 Å². The fraction of sp³-hybridized carbons (Fsp3) is 0.526. The van der Waals surface area contributed by atoms with Crippen LogP contribution in [0.2, 0.25) is 0 Å². The third-order valence-electron chi connectivity index (χ3n) is 4.87. The van der Waals surface area contributed by atoms with Crippen LogP contribution in [0.4, 0.5) is 10.5 Å². The van der Waals surface area contributed by atoms with E-state index in [0.29, 0.717) is 31.0 Å². The van der Waals surface area contributed by atoms with Crippen molar-refractivity contribution < 1.29 is 19.2 Å². The van der Waals surface area contributed by atoms with Crippen LogP contribution in [-0.2, 0) is 9.47 Å². The van der Waals surface area contributed by atoms with Gasteiger partial charge in [-0.3, -0.25) is 25.0 Å². The van der Waals surface area contributed by atoms with Gasteiger partial charge in [-0.1, -0.05) is 19.1 Å². The number of carbonyl (C=O) groups is 1. The van der Waals surface area contributed by atoms with Crippen molar-refractivity contribution in [3.05, 3.63) is 39.9 Å². The standard InChI is InChI=1S/C19H24N4O5/c1-4-15-16(18-20-9-10-28-18)17(13-7-6-8-14(11-13)23(25)26)22(12(3)21-15)19(24)27-5-2/h6-8,11-12,16-17H,4-5,9-10H2,1-3H3. The summed E-state index contributed by atoms with van der Waals surface area (Å²) in [6.07, 6.45) is -0.343. The molecule has 0 spiro atoms. The smallest absolute Gasteiger partial charge is 0.412 e. The quantitative estimate of drug-likeness (QED) is 0.568. The summed E-state index contributed by atoms with van der Waals surface area (Å²) in [4.78, 5) is 34.3. The number of hydrogen-bond donors (Lipinski definition) is 0. The van der Waals surface area contributed by atoms with E-state index in [1.54, 1.807) is 19.1 Å². The van der Waals surface area contributed by atoms with E-state index in [1.165, 1.54) is 17.0 Å². The fourth-order valence-corrected chi connectivity index (χ4v) is 3.73.